The first kappa shape index (κ1) is 15.4. The monoisotopic (exact) mass is 284 g/mol. The minimum absolute atomic E-state index is 0.176. The predicted octanol–water partition coefficient (Wildman–Crippen LogP) is 4.76. The maximum Gasteiger partial charge on any atom is 0.129 e. The molecule has 21 heavy (non-hydrogen) atoms. The molecule has 2 rings (SSSR count). The molecule has 0 amide bonds. The molecule has 112 valence electrons. The van der Waals surface area contributed by atoms with Gasteiger partial charge in [-0.3, -0.25) is 0 Å². The van der Waals surface area contributed by atoms with Crippen molar-refractivity contribution in [1.82, 2.24) is 4.57 Å². The lowest BCUT2D eigenvalue weighted by Gasteiger charge is -2.15. The Hall–Kier alpha value is -1.95. The van der Waals surface area contributed by atoms with Crippen LogP contribution in [0.2, 0.25) is 0 Å². The Labute approximate surface area is 127 Å². The van der Waals surface area contributed by atoms with Crippen LogP contribution in [0.15, 0.2) is 30.5 Å². The molecule has 1 aromatic heterocycles. The number of aromatic nitrogens is 1. The molecule has 0 unspecified atom stereocenters. The average molecular weight is 284 g/mol. The molecule has 1 heterocycles. The standard InChI is InChI=1S/C18H24N2O/c1-14(2)21-17-8-5-7-16-15(17)9-12-20(16)11-6-10-18(3,4)13-19/h5,7-9,12,14H,6,10-11H2,1-4H3. The number of nitriles is 1. The van der Waals surface area contributed by atoms with E-state index >= 15 is 0 Å². The lowest BCUT2D eigenvalue weighted by atomic mass is 9.90. The first-order valence-corrected chi connectivity index (χ1v) is 7.59. The molecule has 3 heteroatoms. The quantitative estimate of drug-likeness (QED) is 0.767. The number of hydrogen-bond donors (Lipinski definition) is 0. The van der Waals surface area contributed by atoms with Gasteiger partial charge < -0.3 is 9.30 Å². The Morgan fingerprint density at radius 1 is 1.29 bits per heavy atom. The zero-order chi connectivity index (χ0) is 15.5. The molecule has 2 aromatic rings. The van der Waals surface area contributed by atoms with Crippen molar-refractivity contribution in [1.29, 1.82) is 5.26 Å². The van der Waals surface area contributed by atoms with Gasteiger partial charge in [-0.25, -0.2) is 0 Å². The summed E-state index contributed by atoms with van der Waals surface area (Å²) in [5.41, 5.74) is 0.956. The summed E-state index contributed by atoms with van der Waals surface area (Å²) >= 11 is 0. The average Bonchev–Trinajstić information content (AvgIpc) is 2.83. The molecular weight excluding hydrogens is 260 g/mol. The van der Waals surface area contributed by atoms with Crippen LogP contribution in [0, 0.1) is 16.7 Å². The van der Waals surface area contributed by atoms with Gasteiger partial charge in [0.05, 0.1) is 23.1 Å². The van der Waals surface area contributed by atoms with Crippen LogP contribution >= 0.6 is 0 Å². The molecule has 0 aliphatic carbocycles. The van der Waals surface area contributed by atoms with E-state index in [1.807, 2.05) is 39.8 Å². The summed E-state index contributed by atoms with van der Waals surface area (Å²) in [6, 6.07) is 10.7. The Morgan fingerprint density at radius 2 is 2.05 bits per heavy atom. The molecule has 0 saturated heterocycles. The van der Waals surface area contributed by atoms with E-state index < -0.39 is 0 Å². The highest BCUT2D eigenvalue weighted by molar-refractivity contribution is 5.86. The van der Waals surface area contributed by atoms with Crippen LogP contribution in [-0.2, 0) is 6.54 Å². The Morgan fingerprint density at radius 3 is 2.71 bits per heavy atom. The highest BCUT2D eigenvalue weighted by Crippen LogP contribution is 2.28. The lowest BCUT2D eigenvalue weighted by Crippen LogP contribution is -2.09. The maximum atomic E-state index is 9.07. The summed E-state index contributed by atoms with van der Waals surface area (Å²) in [6.07, 6.45) is 4.19. The van der Waals surface area contributed by atoms with E-state index in [0.717, 1.165) is 30.5 Å². The van der Waals surface area contributed by atoms with Gasteiger partial charge in [0.1, 0.15) is 5.75 Å². The molecule has 1 aromatic carbocycles. The fourth-order valence-electron chi connectivity index (χ4n) is 2.49. The molecule has 0 aliphatic rings. The van der Waals surface area contributed by atoms with E-state index in [0.29, 0.717) is 0 Å². The number of nitrogens with zero attached hydrogens (tertiary/aromatic N) is 2. The summed E-state index contributed by atoms with van der Waals surface area (Å²) in [5, 5.41) is 10.2. The van der Waals surface area contributed by atoms with Crippen LogP contribution in [0.3, 0.4) is 0 Å². The number of rotatable bonds is 6. The summed E-state index contributed by atoms with van der Waals surface area (Å²) < 4.78 is 8.11. The minimum Gasteiger partial charge on any atom is -0.490 e. The van der Waals surface area contributed by atoms with Gasteiger partial charge in [0.15, 0.2) is 0 Å². The molecular formula is C18H24N2O. The summed E-state index contributed by atoms with van der Waals surface area (Å²) in [4.78, 5) is 0. The van der Waals surface area contributed by atoms with Gasteiger partial charge in [-0.1, -0.05) is 6.07 Å². The first-order valence-electron chi connectivity index (χ1n) is 7.59. The van der Waals surface area contributed by atoms with Crippen LogP contribution in [-0.4, -0.2) is 10.7 Å². The van der Waals surface area contributed by atoms with E-state index in [1.54, 1.807) is 0 Å². The molecule has 0 fully saturated rings. The van der Waals surface area contributed by atoms with Gasteiger partial charge in [0.2, 0.25) is 0 Å². The van der Waals surface area contributed by atoms with Crippen LogP contribution < -0.4 is 4.74 Å². The highest BCUT2D eigenvalue weighted by Gasteiger charge is 2.16. The summed E-state index contributed by atoms with van der Waals surface area (Å²) in [7, 11) is 0. The van der Waals surface area contributed by atoms with Crippen LogP contribution in [0.25, 0.3) is 10.9 Å². The maximum absolute atomic E-state index is 9.07. The molecule has 0 aliphatic heterocycles. The topological polar surface area (TPSA) is 38.0 Å². The molecule has 0 atom stereocenters. The van der Waals surface area contributed by atoms with Gasteiger partial charge in [-0.05, 0) is 58.7 Å². The fraction of sp³-hybridized carbons (Fsp3) is 0.500. The highest BCUT2D eigenvalue weighted by atomic mass is 16.5. The van der Waals surface area contributed by atoms with Crippen molar-refractivity contribution in [3.8, 4) is 11.8 Å². The van der Waals surface area contributed by atoms with E-state index in [4.69, 9.17) is 10.00 Å². The Balaban J connectivity index is 2.14. The second kappa shape index (κ2) is 6.22. The zero-order valence-corrected chi connectivity index (χ0v) is 13.4. The van der Waals surface area contributed by atoms with Crippen LogP contribution in [0.5, 0.6) is 5.75 Å². The van der Waals surface area contributed by atoms with Crippen molar-refractivity contribution in [3.05, 3.63) is 30.5 Å². The van der Waals surface area contributed by atoms with Gasteiger partial charge in [-0.2, -0.15) is 5.26 Å². The Bertz CT molecular complexity index is 647. The van der Waals surface area contributed by atoms with E-state index in [9.17, 15) is 0 Å². The number of ether oxygens (including phenoxy) is 1. The van der Waals surface area contributed by atoms with Gasteiger partial charge in [-0.15, -0.1) is 0 Å². The molecule has 0 spiro atoms. The second-order valence-electron chi connectivity index (χ2n) is 6.46. The zero-order valence-electron chi connectivity index (χ0n) is 13.4. The van der Waals surface area contributed by atoms with Crippen molar-refractivity contribution < 1.29 is 4.74 Å². The molecule has 0 bridgehead atoms. The first-order chi connectivity index (χ1) is 9.93. The van der Waals surface area contributed by atoms with E-state index in [1.165, 1.54) is 5.52 Å². The largest absolute Gasteiger partial charge is 0.490 e. The van der Waals surface area contributed by atoms with Crippen molar-refractivity contribution in [2.45, 2.75) is 53.2 Å². The SMILES string of the molecule is CC(C)Oc1cccc2c1ccn2CCCC(C)(C)C#N. The predicted molar refractivity (Wildman–Crippen MR) is 86.3 cm³/mol. The number of aryl methyl sites for hydroxylation is 1. The van der Waals surface area contributed by atoms with E-state index in [-0.39, 0.29) is 11.5 Å². The molecule has 0 radical (unpaired) electrons. The third-order valence-corrected chi connectivity index (χ3v) is 3.64. The number of benzene rings is 1. The Kier molecular flexibility index (Phi) is 4.57. The minimum atomic E-state index is -0.241. The van der Waals surface area contributed by atoms with Gasteiger partial charge in [0.25, 0.3) is 0 Å². The van der Waals surface area contributed by atoms with E-state index in [2.05, 4.69) is 29.0 Å². The van der Waals surface area contributed by atoms with Crippen molar-refractivity contribution in [2.24, 2.45) is 5.41 Å². The smallest absolute Gasteiger partial charge is 0.129 e. The van der Waals surface area contributed by atoms with Gasteiger partial charge >= 0.3 is 0 Å². The van der Waals surface area contributed by atoms with Crippen molar-refractivity contribution >= 4 is 10.9 Å². The van der Waals surface area contributed by atoms with Crippen LogP contribution in [0.1, 0.15) is 40.5 Å². The third kappa shape index (κ3) is 3.78. The third-order valence-electron chi connectivity index (χ3n) is 3.64. The molecule has 0 saturated carbocycles. The van der Waals surface area contributed by atoms with Crippen molar-refractivity contribution in [3.63, 3.8) is 0 Å². The summed E-state index contributed by atoms with van der Waals surface area (Å²) in [5.74, 6) is 0.943. The second-order valence-corrected chi connectivity index (χ2v) is 6.46. The number of hydrogen-bond acceptors (Lipinski definition) is 2. The van der Waals surface area contributed by atoms with Crippen LogP contribution in [0.4, 0.5) is 0 Å². The summed E-state index contributed by atoms with van der Waals surface area (Å²) in [6.45, 7) is 9.00. The fourth-order valence-corrected chi connectivity index (χ4v) is 2.49. The lowest BCUT2D eigenvalue weighted by molar-refractivity contribution is 0.245. The molecule has 3 nitrogen and oxygen atoms in total. The van der Waals surface area contributed by atoms with Gasteiger partial charge in [0, 0.05) is 18.1 Å². The number of fused-ring (bicyclic) bond motifs is 1. The van der Waals surface area contributed by atoms with Crippen molar-refractivity contribution in [2.75, 3.05) is 0 Å². The molecule has 0 N–H and O–H groups in total. The normalized spacial score (nSPS) is 11.8.